The molecule has 0 amide bonds. The van der Waals surface area contributed by atoms with Gasteiger partial charge in [0.25, 0.3) is 0 Å². The molecule has 0 spiro atoms. The second-order valence-electron chi connectivity index (χ2n) is 3.74. The topological polar surface area (TPSA) is 84.5 Å². The summed E-state index contributed by atoms with van der Waals surface area (Å²) in [5.74, 6) is 0.613. The molecule has 1 aromatic heterocycles. The van der Waals surface area contributed by atoms with Crippen molar-refractivity contribution in [2.45, 2.75) is 6.04 Å². The predicted molar refractivity (Wildman–Crippen MR) is 67.0 cm³/mol. The maximum atomic E-state index is 9.32. The molecule has 0 radical (unpaired) electrons. The van der Waals surface area contributed by atoms with Crippen LogP contribution in [0.2, 0.25) is 0 Å². The maximum Gasteiger partial charge on any atom is 0.162 e. The molecule has 1 aliphatic rings. The van der Waals surface area contributed by atoms with Gasteiger partial charge in [-0.3, -0.25) is 0 Å². The van der Waals surface area contributed by atoms with E-state index in [0.29, 0.717) is 31.1 Å². The third-order valence-corrected chi connectivity index (χ3v) is 2.90. The third-order valence-electron chi connectivity index (χ3n) is 2.68. The Labute approximate surface area is 104 Å². The molecule has 3 N–H and O–H groups in total. The highest BCUT2D eigenvalue weighted by atomic mass is 32.1. The summed E-state index contributed by atoms with van der Waals surface area (Å²) in [5.41, 5.74) is 6.33. The van der Waals surface area contributed by atoms with Crippen LogP contribution in [0.25, 0.3) is 0 Å². The number of hydrogen-bond donors (Lipinski definition) is 2. The summed E-state index contributed by atoms with van der Waals surface area (Å²) in [7, 11) is 0. The van der Waals surface area contributed by atoms with Crippen molar-refractivity contribution in [3.8, 4) is 0 Å². The molecule has 7 heteroatoms. The smallest absolute Gasteiger partial charge is 0.162 e. The van der Waals surface area contributed by atoms with Gasteiger partial charge in [-0.1, -0.05) is 12.2 Å². The molecule has 0 aliphatic carbocycles. The minimum absolute atomic E-state index is 0.00660. The van der Waals surface area contributed by atoms with E-state index < -0.39 is 0 Å². The van der Waals surface area contributed by atoms with Gasteiger partial charge in [-0.2, -0.15) is 5.10 Å². The standard InChI is InChI=1S/C10H14N4O2S/c11-9(17)8-1-2-12-13-10(8)14-3-4-16-6-7(14)5-15/h1-2,7,15H,3-6H2,(H2,11,17). The van der Waals surface area contributed by atoms with Gasteiger partial charge in [0.15, 0.2) is 5.82 Å². The van der Waals surface area contributed by atoms with Crippen LogP contribution in [0.5, 0.6) is 0 Å². The lowest BCUT2D eigenvalue weighted by Gasteiger charge is -2.35. The second-order valence-corrected chi connectivity index (χ2v) is 4.18. The minimum Gasteiger partial charge on any atom is -0.394 e. The number of anilines is 1. The number of hydrogen-bond acceptors (Lipinski definition) is 6. The summed E-state index contributed by atoms with van der Waals surface area (Å²) >= 11 is 4.98. The van der Waals surface area contributed by atoms with E-state index in [9.17, 15) is 5.11 Å². The minimum atomic E-state index is -0.131. The van der Waals surface area contributed by atoms with Gasteiger partial charge in [-0.05, 0) is 6.07 Å². The Morgan fingerprint density at radius 3 is 3.24 bits per heavy atom. The van der Waals surface area contributed by atoms with Gasteiger partial charge in [0.05, 0.1) is 37.6 Å². The molecule has 1 atom stereocenters. The molecule has 1 saturated heterocycles. The number of ether oxygens (including phenoxy) is 1. The molecule has 1 aromatic rings. The van der Waals surface area contributed by atoms with Crippen LogP contribution in [-0.4, -0.2) is 52.7 Å². The Balaban J connectivity index is 2.34. The third kappa shape index (κ3) is 2.51. The number of aromatic nitrogens is 2. The highest BCUT2D eigenvalue weighted by molar-refractivity contribution is 7.80. The van der Waals surface area contributed by atoms with Crippen LogP contribution in [0, 0.1) is 0 Å². The Morgan fingerprint density at radius 2 is 2.53 bits per heavy atom. The van der Waals surface area contributed by atoms with Crippen molar-refractivity contribution in [1.29, 1.82) is 0 Å². The highest BCUT2D eigenvalue weighted by Crippen LogP contribution is 2.20. The maximum absolute atomic E-state index is 9.32. The van der Waals surface area contributed by atoms with Crippen LogP contribution in [0.3, 0.4) is 0 Å². The molecular weight excluding hydrogens is 240 g/mol. The number of aliphatic hydroxyl groups is 1. The molecule has 6 nitrogen and oxygen atoms in total. The van der Waals surface area contributed by atoms with E-state index in [1.807, 2.05) is 4.90 Å². The van der Waals surface area contributed by atoms with E-state index in [0.717, 1.165) is 0 Å². The molecule has 0 aromatic carbocycles. The molecule has 92 valence electrons. The molecule has 17 heavy (non-hydrogen) atoms. The molecule has 2 rings (SSSR count). The SMILES string of the molecule is NC(=S)c1ccnnc1N1CCOCC1CO. The van der Waals surface area contributed by atoms with E-state index >= 15 is 0 Å². The predicted octanol–water partition coefficient (Wildman–Crippen LogP) is -0.692. The van der Waals surface area contributed by atoms with Crippen molar-refractivity contribution in [2.75, 3.05) is 31.3 Å². The van der Waals surface area contributed by atoms with Crippen LogP contribution in [0.1, 0.15) is 5.56 Å². The van der Waals surface area contributed by atoms with Crippen molar-refractivity contribution < 1.29 is 9.84 Å². The average molecular weight is 254 g/mol. The number of rotatable bonds is 3. The Morgan fingerprint density at radius 1 is 1.71 bits per heavy atom. The molecule has 1 fully saturated rings. The monoisotopic (exact) mass is 254 g/mol. The Hall–Kier alpha value is -1.31. The number of aliphatic hydroxyl groups excluding tert-OH is 1. The van der Waals surface area contributed by atoms with Crippen molar-refractivity contribution in [3.05, 3.63) is 17.8 Å². The van der Waals surface area contributed by atoms with Crippen molar-refractivity contribution >= 4 is 23.0 Å². The summed E-state index contributed by atoms with van der Waals surface area (Å²) in [6.07, 6.45) is 1.55. The van der Waals surface area contributed by atoms with Crippen LogP contribution in [0.4, 0.5) is 5.82 Å². The Kier molecular flexibility index (Phi) is 3.82. The van der Waals surface area contributed by atoms with Crippen molar-refractivity contribution in [1.82, 2.24) is 10.2 Å². The summed E-state index contributed by atoms with van der Waals surface area (Å²) in [5, 5.41) is 17.2. The van der Waals surface area contributed by atoms with Gasteiger partial charge in [0, 0.05) is 6.54 Å². The zero-order chi connectivity index (χ0) is 12.3. The van der Waals surface area contributed by atoms with Gasteiger partial charge < -0.3 is 20.5 Å². The lowest BCUT2D eigenvalue weighted by Crippen LogP contribution is -2.48. The van der Waals surface area contributed by atoms with Crippen LogP contribution < -0.4 is 10.6 Å². The first kappa shape index (κ1) is 12.2. The van der Waals surface area contributed by atoms with Crippen LogP contribution >= 0.6 is 12.2 Å². The fraction of sp³-hybridized carbons (Fsp3) is 0.500. The lowest BCUT2D eigenvalue weighted by atomic mass is 10.2. The summed E-state index contributed by atoms with van der Waals surface area (Å²) in [4.78, 5) is 2.21. The fourth-order valence-corrected chi connectivity index (χ4v) is 1.97. The average Bonchev–Trinajstić information content (AvgIpc) is 2.38. The van der Waals surface area contributed by atoms with Crippen molar-refractivity contribution in [2.24, 2.45) is 5.73 Å². The molecule has 1 aliphatic heterocycles. The number of thiocarbonyl (C=S) groups is 1. The first-order valence-electron chi connectivity index (χ1n) is 5.30. The van der Waals surface area contributed by atoms with Gasteiger partial charge in [-0.25, -0.2) is 0 Å². The molecular formula is C10H14N4O2S. The summed E-state index contributed by atoms with van der Waals surface area (Å²) in [6, 6.07) is 1.60. The molecule has 1 unspecified atom stereocenters. The molecule has 0 saturated carbocycles. The normalized spacial score (nSPS) is 20.3. The largest absolute Gasteiger partial charge is 0.394 e. The van der Waals surface area contributed by atoms with E-state index in [1.54, 1.807) is 12.3 Å². The second kappa shape index (κ2) is 5.35. The first-order chi connectivity index (χ1) is 8.24. The van der Waals surface area contributed by atoms with Gasteiger partial charge in [0.2, 0.25) is 0 Å². The fourth-order valence-electron chi connectivity index (χ4n) is 1.81. The zero-order valence-electron chi connectivity index (χ0n) is 9.24. The number of nitrogens with zero attached hydrogens (tertiary/aromatic N) is 3. The number of morpholine rings is 1. The Bertz CT molecular complexity index is 415. The van der Waals surface area contributed by atoms with Gasteiger partial charge in [0.1, 0.15) is 4.99 Å². The molecule has 2 heterocycles. The highest BCUT2D eigenvalue weighted by Gasteiger charge is 2.26. The van der Waals surface area contributed by atoms with Gasteiger partial charge in [-0.15, -0.1) is 5.10 Å². The lowest BCUT2D eigenvalue weighted by molar-refractivity contribution is 0.0722. The van der Waals surface area contributed by atoms with E-state index in [-0.39, 0.29) is 17.6 Å². The zero-order valence-corrected chi connectivity index (χ0v) is 10.1. The molecule has 0 bridgehead atoms. The quantitative estimate of drug-likeness (QED) is 0.690. The van der Waals surface area contributed by atoms with Crippen LogP contribution in [0.15, 0.2) is 12.3 Å². The van der Waals surface area contributed by atoms with Gasteiger partial charge >= 0.3 is 0 Å². The summed E-state index contributed by atoms with van der Waals surface area (Å²) in [6.45, 7) is 1.68. The number of nitrogens with two attached hydrogens (primary N) is 1. The van der Waals surface area contributed by atoms with E-state index in [2.05, 4.69) is 10.2 Å². The first-order valence-corrected chi connectivity index (χ1v) is 5.71. The summed E-state index contributed by atoms with van der Waals surface area (Å²) < 4.78 is 5.31. The van der Waals surface area contributed by atoms with Crippen molar-refractivity contribution in [3.63, 3.8) is 0 Å². The van der Waals surface area contributed by atoms with E-state index in [1.165, 1.54) is 0 Å². The van der Waals surface area contributed by atoms with E-state index in [4.69, 9.17) is 22.7 Å². The van der Waals surface area contributed by atoms with Crippen LogP contribution in [-0.2, 0) is 4.74 Å².